The van der Waals surface area contributed by atoms with E-state index in [0.717, 1.165) is 18.7 Å². The maximum absolute atomic E-state index is 14.2. The fourth-order valence-electron chi connectivity index (χ4n) is 3.43. The van der Waals surface area contributed by atoms with E-state index in [1.54, 1.807) is 6.07 Å². The van der Waals surface area contributed by atoms with Gasteiger partial charge in [0.1, 0.15) is 23.4 Å². The number of piperidine rings is 1. The molecule has 0 bridgehead atoms. The molecule has 1 saturated heterocycles. The molecule has 3 aromatic rings. The summed E-state index contributed by atoms with van der Waals surface area (Å²) in [6.07, 6.45) is 3.75. The maximum Gasteiger partial charge on any atom is 0.175 e. The van der Waals surface area contributed by atoms with Gasteiger partial charge < -0.3 is 9.88 Å². The zero-order valence-corrected chi connectivity index (χ0v) is 16.4. The first-order valence-electron chi connectivity index (χ1n) is 9.47. The van der Waals surface area contributed by atoms with Crippen LogP contribution in [0.4, 0.5) is 10.1 Å². The lowest BCUT2D eigenvalue weighted by atomic mass is 10.1. The number of halogens is 2. The fourth-order valence-corrected chi connectivity index (χ4v) is 3.68. The predicted octanol–water partition coefficient (Wildman–Crippen LogP) is 5.13. The van der Waals surface area contributed by atoms with E-state index in [1.807, 2.05) is 18.2 Å². The van der Waals surface area contributed by atoms with Crippen LogP contribution in [0.25, 0.3) is 11.4 Å². The summed E-state index contributed by atoms with van der Waals surface area (Å²) >= 11 is 6.10. The second-order valence-electron chi connectivity index (χ2n) is 6.86. The Balaban J connectivity index is 1.60. The van der Waals surface area contributed by atoms with Gasteiger partial charge >= 0.3 is 0 Å². The molecule has 144 valence electrons. The summed E-state index contributed by atoms with van der Waals surface area (Å²) in [6, 6.07) is 14.5. The summed E-state index contributed by atoms with van der Waals surface area (Å²) < 4.78 is 14.2. The minimum atomic E-state index is -0.511. The molecular formula is C23H18ClFN4. The number of hydrogen-bond donors (Lipinski definition) is 1. The van der Waals surface area contributed by atoms with E-state index in [0.29, 0.717) is 5.69 Å². The number of nitriles is 1. The van der Waals surface area contributed by atoms with Crippen LogP contribution in [0.3, 0.4) is 0 Å². The molecule has 4 nitrogen and oxygen atoms in total. The summed E-state index contributed by atoms with van der Waals surface area (Å²) in [5, 5.41) is 9.58. The molecule has 0 saturated carbocycles. The van der Waals surface area contributed by atoms with Crippen molar-refractivity contribution in [3.63, 3.8) is 0 Å². The van der Waals surface area contributed by atoms with Crippen molar-refractivity contribution in [1.29, 1.82) is 5.26 Å². The van der Waals surface area contributed by atoms with Crippen molar-refractivity contribution >= 4 is 17.3 Å². The lowest BCUT2D eigenvalue weighted by molar-refractivity contribution is 0.578. The number of hydrogen-bond acceptors (Lipinski definition) is 3. The van der Waals surface area contributed by atoms with Crippen LogP contribution in [0, 0.1) is 29.0 Å². The lowest BCUT2D eigenvalue weighted by Crippen LogP contribution is -2.29. The first-order valence-corrected chi connectivity index (χ1v) is 9.85. The highest BCUT2D eigenvalue weighted by Gasteiger charge is 2.16. The van der Waals surface area contributed by atoms with Gasteiger partial charge in [0, 0.05) is 24.3 Å². The van der Waals surface area contributed by atoms with E-state index in [-0.39, 0.29) is 22.1 Å². The molecule has 0 radical (unpaired) electrons. The van der Waals surface area contributed by atoms with E-state index in [1.165, 1.54) is 37.1 Å². The van der Waals surface area contributed by atoms with Gasteiger partial charge in [-0.15, -0.1) is 0 Å². The summed E-state index contributed by atoms with van der Waals surface area (Å²) in [5.41, 5.74) is 2.60. The zero-order chi connectivity index (χ0) is 20.2. The molecule has 1 N–H and O–H groups in total. The number of nitrogens with one attached hydrogen (secondary N) is 1. The molecule has 0 atom stereocenters. The highest BCUT2D eigenvalue weighted by atomic mass is 35.5. The SMILES string of the molecule is N#Cc1nc(-c2c(F)cccc2Cl)[nH]c1C#Cc1ccc(N2CCCCC2)cc1. The molecule has 1 aromatic heterocycles. The molecule has 0 unspecified atom stereocenters. The standard InChI is InChI=1S/C23H18ClFN4/c24-18-5-4-6-19(25)22(18)23-27-20(21(15-26)28-23)12-9-16-7-10-17(11-8-16)29-13-2-1-3-14-29/h4-8,10-11H,1-3,13-14H2,(H,27,28). The van der Waals surface area contributed by atoms with Gasteiger partial charge in [-0.3, -0.25) is 0 Å². The molecule has 1 aliphatic rings. The summed E-state index contributed by atoms with van der Waals surface area (Å²) in [4.78, 5) is 9.46. The van der Waals surface area contributed by atoms with E-state index >= 15 is 0 Å². The van der Waals surface area contributed by atoms with Crippen LogP contribution >= 0.6 is 11.6 Å². The van der Waals surface area contributed by atoms with E-state index in [4.69, 9.17) is 11.6 Å². The number of H-pyrrole nitrogens is 1. The third kappa shape index (κ3) is 4.11. The third-order valence-corrected chi connectivity index (χ3v) is 5.24. The van der Waals surface area contributed by atoms with Gasteiger partial charge in [-0.1, -0.05) is 23.6 Å². The molecule has 2 heterocycles. The number of rotatable bonds is 2. The van der Waals surface area contributed by atoms with Crippen molar-refractivity contribution < 1.29 is 4.39 Å². The first kappa shape index (κ1) is 19.1. The molecule has 0 spiro atoms. The third-order valence-electron chi connectivity index (χ3n) is 4.93. The molecule has 1 fully saturated rings. The first-order chi connectivity index (χ1) is 14.2. The van der Waals surface area contributed by atoms with Crippen LogP contribution in [-0.4, -0.2) is 23.1 Å². The van der Waals surface area contributed by atoms with Crippen LogP contribution in [0.1, 0.15) is 36.2 Å². The maximum atomic E-state index is 14.2. The number of aromatic amines is 1. The van der Waals surface area contributed by atoms with Crippen LogP contribution < -0.4 is 4.90 Å². The largest absolute Gasteiger partial charge is 0.372 e. The van der Waals surface area contributed by atoms with Crippen LogP contribution in [0.15, 0.2) is 42.5 Å². The highest BCUT2D eigenvalue weighted by Crippen LogP contribution is 2.29. The molecule has 6 heteroatoms. The number of anilines is 1. The molecule has 29 heavy (non-hydrogen) atoms. The van der Waals surface area contributed by atoms with Crippen LogP contribution in [0.5, 0.6) is 0 Å². The van der Waals surface area contributed by atoms with Gasteiger partial charge in [0.25, 0.3) is 0 Å². The van der Waals surface area contributed by atoms with Crippen molar-refractivity contribution in [3.8, 4) is 29.3 Å². The van der Waals surface area contributed by atoms with Crippen molar-refractivity contribution in [1.82, 2.24) is 9.97 Å². The summed E-state index contributed by atoms with van der Waals surface area (Å²) in [6.45, 7) is 2.18. The Hall–Kier alpha value is -3.28. The number of imidazole rings is 1. The van der Waals surface area contributed by atoms with Crippen molar-refractivity contribution in [2.24, 2.45) is 0 Å². The minimum absolute atomic E-state index is 0.108. The van der Waals surface area contributed by atoms with Crippen LogP contribution in [-0.2, 0) is 0 Å². The Morgan fingerprint density at radius 2 is 1.79 bits per heavy atom. The Morgan fingerprint density at radius 1 is 1.03 bits per heavy atom. The number of nitrogens with zero attached hydrogens (tertiary/aromatic N) is 3. The van der Waals surface area contributed by atoms with Crippen molar-refractivity contribution in [2.75, 3.05) is 18.0 Å². The average Bonchev–Trinajstić information content (AvgIpc) is 3.16. The molecule has 2 aromatic carbocycles. The molecule has 4 rings (SSSR count). The zero-order valence-electron chi connectivity index (χ0n) is 15.7. The topological polar surface area (TPSA) is 55.7 Å². The van der Waals surface area contributed by atoms with Crippen molar-refractivity contribution in [3.05, 3.63) is 70.3 Å². The number of benzene rings is 2. The molecule has 1 aliphatic heterocycles. The Morgan fingerprint density at radius 3 is 2.48 bits per heavy atom. The van der Waals surface area contributed by atoms with Crippen molar-refractivity contribution in [2.45, 2.75) is 19.3 Å². The molecule has 0 amide bonds. The Labute approximate surface area is 174 Å². The van der Waals surface area contributed by atoms with Crippen LogP contribution in [0.2, 0.25) is 5.02 Å². The smallest absolute Gasteiger partial charge is 0.175 e. The Bertz CT molecular complexity index is 1110. The minimum Gasteiger partial charge on any atom is -0.372 e. The van der Waals surface area contributed by atoms with E-state index in [2.05, 4.69) is 38.8 Å². The predicted molar refractivity (Wildman–Crippen MR) is 112 cm³/mol. The van der Waals surface area contributed by atoms with Gasteiger partial charge in [0.2, 0.25) is 0 Å². The van der Waals surface area contributed by atoms with Gasteiger partial charge in [-0.05, 0) is 61.6 Å². The van der Waals surface area contributed by atoms with Gasteiger partial charge in [-0.25, -0.2) is 9.37 Å². The fraction of sp³-hybridized carbons (Fsp3) is 0.217. The second kappa shape index (κ2) is 8.39. The highest BCUT2D eigenvalue weighted by molar-refractivity contribution is 6.33. The Kier molecular flexibility index (Phi) is 5.51. The quantitative estimate of drug-likeness (QED) is 0.602. The monoisotopic (exact) mass is 404 g/mol. The average molecular weight is 405 g/mol. The lowest BCUT2D eigenvalue weighted by Gasteiger charge is -2.28. The summed E-state index contributed by atoms with van der Waals surface area (Å²) in [7, 11) is 0. The summed E-state index contributed by atoms with van der Waals surface area (Å²) in [5.74, 6) is 5.66. The normalized spacial score (nSPS) is 13.5. The molecule has 0 aliphatic carbocycles. The van der Waals surface area contributed by atoms with E-state index in [9.17, 15) is 9.65 Å². The van der Waals surface area contributed by atoms with E-state index < -0.39 is 5.82 Å². The van der Waals surface area contributed by atoms with Gasteiger partial charge in [0.15, 0.2) is 5.69 Å². The van der Waals surface area contributed by atoms with Gasteiger partial charge in [-0.2, -0.15) is 5.26 Å². The number of aromatic nitrogens is 2. The van der Waals surface area contributed by atoms with Gasteiger partial charge in [0.05, 0.1) is 10.6 Å². The second-order valence-corrected chi connectivity index (χ2v) is 7.27. The molecular weight excluding hydrogens is 387 g/mol.